The molecular weight excluding hydrogens is 190 g/mol. The number of aryl methyl sites for hydroxylation is 1. The first-order valence-corrected chi connectivity index (χ1v) is 5.33. The van der Waals surface area contributed by atoms with Crippen molar-refractivity contribution in [3.8, 4) is 5.75 Å². The van der Waals surface area contributed by atoms with Gasteiger partial charge in [0.15, 0.2) is 0 Å². The van der Waals surface area contributed by atoms with E-state index in [2.05, 4.69) is 0 Å². The lowest BCUT2D eigenvalue weighted by Crippen LogP contribution is -2.17. The molecule has 1 aromatic rings. The van der Waals surface area contributed by atoms with Gasteiger partial charge >= 0.3 is 0 Å². The van der Waals surface area contributed by atoms with Crippen LogP contribution in [-0.4, -0.2) is 24.4 Å². The number of ether oxygens (including phenoxy) is 1. The zero-order chi connectivity index (χ0) is 11.1. The van der Waals surface area contributed by atoms with Gasteiger partial charge in [-0.3, -0.25) is 0 Å². The standard InChI is InChI=1S/C12H19NO2/c1-10(9-14)15-12-7-3-2-5-11(12)6-4-8-13/h2-3,5,7,10,14H,4,6,8-9,13H2,1H3/t10-/m0/s1. The number of aliphatic hydroxyl groups is 1. The maximum Gasteiger partial charge on any atom is 0.123 e. The molecule has 0 spiro atoms. The van der Waals surface area contributed by atoms with Crippen LogP contribution in [0.3, 0.4) is 0 Å². The zero-order valence-corrected chi connectivity index (χ0v) is 9.15. The summed E-state index contributed by atoms with van der Waals surface area (Å²) in [5.74, 6) is 0.854. The summed E-state index contributed by atoms with van der Waals surface area (Å²) in [5.41, 5.74) is 6.63. The van der Waals surface area contributed by atoms with Crippen LogP contribution < -0.4 is 10.5 Å². The maximum absolute atomic E-state index is 8.92. The molecule has 3 nitrogen and oxygen atoms in total. The van der Waals surface area contributed by atoms with E-state index in [1.165, 1.54) is 0 Å². The molecule has 0 aliphatic rings. The topological polar surface area (TPSA) is 55.5 Å². The van der Waals surface area contributed by atoms with E-state index in [0.717, 1.165) is 24.2 Å². The monoisotopic (exact) mass is 209 g/mol. The average Bonchev–Trinajstić information content (AvgIpc) is 2.28. The molecule has 1 atom stereocenters. The SMILES string of the molecule is C[C@@H](CO)Oc1ccccc1CCCN. The van der Waals surface area contributed by atoms with Crippen molar-refractivity contribution < 1.29 is 9.84 Å². The van der Waals surface area contributed by atoms with Crippen LogP contribution in [0.4, 0.5) is 0 Å². The van der Waals surface area contributed by atoms with Gasteiger partial charge in [0.1, 0.15) is 11.9 Å². The van der Waals surface area contributed by atoms with E-state index in [1.54, 1.807) is 0 Å². The van der Waals surface area contributed by atoms with E-state index in [1.807, 2.05) is 31.2 Å². The van der Waals surface area contributed by atoms with Crippen molar-refractivity contribution in [3.05, 3.63) is 29.8 Å². The second-order valence-corrected chi connectivity index (χ2v) is 3.61. The molecule has 1 rings (SSSR count). The van der Waals surface area contributed by atoms with Gasteiger partial charge in [-0.15, -0.1) is 0 Å². The van der Waals surface area contributed by atoms with Crippen molar-refractivity contribution in [3.63, 3.8) is 0 Å². The van der Waals surface area contributed by atoms with E-state index < -0.39 is 0 Å². The second kappa shape index (κ2) is 6.43. The van der Waals surface area contributed by atoms with Crippen LogP contribution >= 0.6 is 0 Å². The summed E-state index contributed by atoms with van der Waals surface area (Å²) in [7, 11) is 0. The summed E-state index contributed by atoms with van der Waals surface area (Å²) >= 11 is 0. The average molecular weight is 209 g/mol. The number of rotatable bonds is 6. The lowest BCUT2D eigenvalue weighted by atomic mass is 10.1. The van der Waals surface area contributed by atoms with Crippen LogP contribution in [0, 0.1) is 0 Å². The predicted octanol–water partition coefficient (Wildman–Crippen LogP) is 1.34. The van der Waals surface area contributed by atoms with E-state index >= 15 is 0 Å². The fourth-order valence-electron chi connectivity index (χ4n) is 1.37. The minimum atomic E-state index is -0.163. The molecule has 1 aromatic carbocycles. The first-order valence-electron chi connectivity index (χ1n) is 5.33. The first-order chi connectivity index (χ1) is 7.27. The minimum absolute atomic E-state index is 0.0330. The molecule has 0 amide bonds. The Balaban J connectivity index is 2.67. The summed E-state index contributed by atoms with van der Waals surface area (Å²) in [4.78, 5) is 0. The largest absolute Gasteiger partial charge is 0.488 e. The Morgan fingerprint density at radius 1 is 1.40 bits per heavy atom. The number of para-hydroxylation sites is 1. The number of aliphatic hydroxyl groups excluding tert-OH is 1. The van der Waals surface area contributed by atoms with Gasteiger partial charge in [0.2, 0.25) is 0 Å². The Morgan fingerprint density at radius 2 is 2.13 bits per heavy atom. The number of hydrogen-bond donors (Lipinski definition) is 2. The highest BCUT2D eigenvalue weighted by Crippen LogP contribution is 2.20. The number of benzene rings is 1. The molecule has 0 aromatic heterocycles. The molecule has 0 saturated carbocycles. The molecule has 0 bridgehead atoms. The highest BCUT2D eigenvalue weighted by atomic mass is 16.5. The van der Waals surface area contributed by atoms with Crippen LogP contribution in [0.2, 0.25) is 0 Å². The fourth-order valence-corrected chi connectivity index (χ4v) is 1.37. The third kappa shape index (κ3) is 3.90. The molecule has 0 radical (unpaired) electrons. The second-order valence-electron chi connectivity index (χ2n) is 3.61. The summed E-state index contributed by atoms with van der Waals surface area (Å²) in [6.07, 6.45) is 1.71. The highest BCUT2D eigenvalue weighted by Gasteiger charge is 2.06. The summed E-state index contributed by atoms with van der Waals surface area (Å²) in [5, 5.41) is 8.92. The van der Waals surface area contributed by atoms with Crippen molar-refractivity contribution >= 4 is 0 Å². The highest BCUT2D eigenvalue weighted by molar-refractivity contribution is 5.33. The maximum atomic E-state index is 8.92. The molecule has 0 aliphatic carbocycles. The Bertz CT molecular complexity index is 289. The van der Waals surface area contributed by atoms with Crippen molar-refractivity contribution in [1.82, 2.24) is 0 Å². The quantitative estimate of drug-likeness (QED) is 0.743. The van der Waals surface area contributed by atoms with Crippen LogP contribution in [0.15, 0.2) is 24.3 Å². The van der Waals surface area contributed by atoms with Gasteiger partial charge in [-0.05, 0) is 37.9 Å². The molecule has 3 heteroatoms. The Hall–Kier alpha value is -1.06. The fraction of sp³-hybridized carbons (Fsp3) is 0.500. The van der Waals surface area contributed by atoms with Crippen LogP contribution in [0.25, 0.3) is 0 Å². The van der Waals surface area contributed by atoms with Gasteiger partial charge in [-0.25, -0.2) is 0 Å². The lowest BCUT2D eigenvalue weighted by Gasteiger charge is -2.15. The Labute approximate surface area is 90.9 Å². The molecule has 84 valence electrons. The first kappa shape index (κ1) is 12.0. The van der Waals surface area contributed by atoms with Crippen LogP contribution in [0.1, 0.15) is 18.9 Å². The van der Waals surface area contributed by atoms with Gasteiger partial charge in [0.05, 0.1) is 6.61 Å². The Kier molecular flexibility index (Phi) is 5.15. The molecule has 3 N–H and O–H groups in total. The van der Waals surface area contributed by atoms with Crippen molar-refractivity contribution in [2.75, 3.05) is 13.2 Å². The minimum Gasteiger partial charge on any atom is -0.488 e. The third-order valence-electron chi connectivity index (χ3n) is 2.21. The normalized spacial score (nSPS) is 12.5. The zero-order valence-electron chi connectivity index (χ0n) is 9.15. The van der Waals surface area contributed by atoms with Gasteiger partial charge in [0, 0.05) is 0 Å². The third-order valence-corrected chi connectivity index (χ3v) is 2.21. The van der Waals surface area contributed by atoms with E-state index in [4.69, 9.17) is 15.6 Å². The molecule has 0 aliphatic heterocycles. The van der Waals surface area contributed by atoms with E-state index in [0.29, 0.717) is 6.54 Å². The van der Waals surface area contributed by atoms with Crippen molar-refractivity contribution in [2.45, 2.75) is 25.9 Å². The molecule has 0 unspecified atom stereocenters. The summed E-state index contributed by atoms with van der Waals surface area (Å²) in [6, 6.07) is 7.89. The number of hydrogen-bond acceptors (Lipinski definition) is 3. The molecular formula is C12H19NO2. The summed E-state index contributed by atoms with van der Waals surface area (Å²) in [6.45, 7) is 2.56. The molecule has 0 heterocycles. The van der Waals surface area contributed by atoms with Crippen molar-refractivity contribution in [2.24, 2.45) is 5.73 Å². The number of nitrogens with two attached hydrogens (primary N) is 1. The Morgan fingerprint density at radius 3 is 2.80 bits per heavy atom. The van der Waals surface area contributed by atoms with Crippen molar-refractivity contribution in [1.29, 1.82) is 0 Å². The van der Waals surface area contributed by atoms with Gasteiger partial charge in [-0.2, -0.15) is 0 Å². The van der Waals surface area contributed by atoms with Crippen LogP contribution in [0.5, 0.6) is 5.75 Å². The van der Waals surface area contributed by atoms with Gasteiger partial charge < -0.3 is 15.6 Å². The molecule has 15 heavy (non-hydrogen) atoms. The van der Waals surface area contributed by atoms with E-state index in [-0.39, 0.29) is 12.7 Å². The lowest BCUT2D eigenvalue weighted by molar-refractivity contribution is 0.128. The molecule has 0 fully saturated rings. The van der Waals surface area contributed by atoms with Crippen LogP contribution in [-0.2, 0) is 6.42 Å². The van der Waals surface area contributed by atoms with Gasteiger partial charge in [0.25, 0.3) is 0 Å². The van der Waals surface area contributed by atoms with Gasteiger partial charge in [-0.1, -0.05) is 18.2 Å². The van der Waals surface area contributed by atoms with E-state index in [9.17, 15) is 0 Å². The smallest absolute Gasteiger partial charge is 0.123 e. The molecule has 0 saturated heterocycles. The predicted molar refractivity (Wildman–Crippen MR) is 61.0 cm³/mol. The summed E-state index contributed by atoms with van der Waals surface area (Å²) < 4.78 is 5.60.